The van der Waals surface area contributed by atoms with Gasteiger partial charge in [-0.1, -0.05) is 20.8 Å². The minimum absolute atomic E-state index is 0.293. The van der Waals surface area contributed by atoms with Crippen molar-refractivity contribution in [3.63, 3.8) is 0 Å². The number of aliphatic carboxylic acids is 1. The van der Waals surface area contributed by atoms with Gasteiger partial charge in [0.15, 0.2) is 0 Å². The van der Waals surface area contributed by atoms with E-state index in [2.05, 4.69) is 0 Å². The summed E-state index contributed by atoms with van der Waals surface area (Å²) in [6.07, 6.45) is 0.598. The van der Waals surface area contributed by atoms with Gasteiger partial charge in [-0.2, -0.15) is 0 Å². The monoisotopic (exact) mass is 175 g/mol. The molecule has 2 heteroatoms. The SMILES string of the molecule is [2H]C([2H])([2H])C(C)(C(=O)O)C(C)CC(C)C. The van der Waals surface area contributed by atoms with E-state index in [-0.39, 0.29) is 5.92 Å². The molecule has 2 nitrogen and oxygen atoms in total. The van der Waals surface area contributed by atoms with E-state index in [0.29, 0.717) is 12.3 Å². The molecule has 0 aromatic heterocycles. The third kappa shape index (κ3) is 2.84. The van der Waals surface area contributed by atoms with Crippen LogP contribution in [0.2, 0.25) is 0 Å². The first kappa shape index (κ1) is 6.93. The van der Waals surface area contributed by atoms with Crippen LogP contribution in [0, 0.1) is 17.3 Å². The molecule has 0 aromatic carbocycles. The number of carboxylic acids is 1. The molecule has 0 radical (unpaired) electrons. The molecule has 0 saturated carbocycles. The van der Waals surface area contributed by atoms with Gasteiger partial charge in [-0.3, -0.25) is 4.79 Å². The summed E-state index contributed by atoms with van der Waals surface area (Å²) in [7, 11) is 0. The quantitative estimate of drug-likeness (QED) is 0.713. The summed E-state index contributed by atoms with van der Waals surface area (Å²) in [6, 6.07) is 0. The predicted octanol–water partition coefficient (Wildman–Crippen LogP) is 2.78. The second kappa shape index (κ2) is 3.92. The standard InChI is InChI=1S/C10H20O2/c1-7(2)6-8(3)10(4,5)9(11)12/h7-8H,6H2,1-5H3,(H,11,12)/i4D3. The van der Waals surface area contributed by atoms with Crippen LogP contribution in [-0.2, 0) is 4.79 Å². The van der Waals surface area contributed by atoms with Gasteiger partial charge in [-0.05, 0) is 32.0 Å². The zero-order valence-electron chi connectivity index (χ0n) is 11.2. The summed E-state index contributed by atoms with van der Waals surface area (Å²) in [4.78, 5) is 11.1. The third-order valence-electron chi connectivity index (χ3n) is 2.25. The molecule has 72 valence electrons. The van der Waals surface area contributed by atoms with Gasteiger partial charge >= 0.3 is 5.97 Å². The van der Waals surface area contributed by atoms with E-state index in [1.54, 1.807) is 6.92 Å². The van der Waals surface area contributed by atoms with E-state index in [1.807, 2.05) is 13.8 Å². The predicted molar refractivity (Wildman–Crippen MR) is 50.0 cm³/mol. The maximum Gasteiger partial charge on any atom is 0.309 e. The zero-order valence-corrected chi connectivity index (χ0v) is 8.22. The van der Waals surface area contributed by atoms with Crippen molar-refractivity contribution < 1.29 is 14.0 Å². The third-order valence-corrected chi connectivity index (χ3v) is 2.25. The molecule has 0 fully saturated rings. The maximum atomic E-state index is 11.1. The molecule has 2 unspecified atom stereocenters. The van der Waals surface area contributed by atoms with Gasteiger partial charge in [-0.15, -0.1) is 0 Å². The Balaban J connectivity index is 5.05. The first-order valence-corrected chi connectivity index (χ1v) is 4.26. The van der Waals surface area contributed by atoms with Crippen LogP contribution in [0.4, 0.5) is 0 Å². The molecule has 0 spiro atoms. The molecular weight excluding hydrogens is 152 g/mol. The molecule has 0 aliphatic heterocycles. The molecule has 0 aromatic rings. The Morgan fingerprint density at radius 1 is 1.58 bits per heavy atom. The average Bonchev–Trinajstić information content (AvgIpc) is 1.98. The van der Waals surface area contributed by atoms with Crippen LogP contribution < -0.4 is 0 Å². The van der Waals surface area contributed by atoms with Gasteiger partial charge in [0, 0.05) is 4.11 Å². The van der Waals surface area contributed by atoms with Crippen LogP contribution in [0.5, 0.6) is 0 Å². The summed E-state index contributed by atoms with van der Waals surface area (Å²) in [6.45, 7) is 4.46. The number of carboxylic acid groups (broad SMARTS) is 1. The molecule has 12 heavy (non-hydrogen) atoms. The normalized spacial score (nSPS) is 23.6. The molecule has 0 amide bonds. The van der Waals surface area contributed by atoms with Crippen LogP contribution >= 0.6 is 0 Å². The fourth-order valence-electron chi connectivity index (χ4n) is 1.15. The van der Waals surface area contributed by atoms with Crippen molar-refractivity contribution in [2.75, 3.05) is 0 Å². The Kier molecular flexibility index (Phi) is 2.27. The molecule has 0 rings (SSSR count). The lowest BCUT2D eigenvalue weighted by molar-refractivity contribution is -0.150. The lowest BCUT2D eigenvalue weighted by Crippen LogP contribution is -2.31. The van der Waals surface area contributed by atoms with Crippen molar-refractivity contribution in [1.82, 2.24) is 0 Å². The van der Waals surface area contributed by atoms with Crippen LogP contribution in [0.25, 0.3) is 0 Å². The average molecular weight is 175 g/mol. The Morgan fingerprint density at radius 3 is 2.33 bits per heavy atom. The molecular formula is C10H20O2. The van der Waals surface area contributed by atoms with Gasteiger partial charge in [0.2, 0.25) is 0 Å². The Labute approximate surface area is 79.2 Å². The fraction of sp³-hybridized carbons (Fsp3) is 0.900. The molecule has 1 N–H and O–H groups in total. The molecule has 0 aliphatic rings. The number of rotatable bonds is 4. The molecule has 0 bridgehead atoms. The smallest absolute Gasteiger partial charge is 0.309 e. The molecule has 0 saturated heterocycles. The summed E-state index contributed by atoms with van der Waals surface area (Å²) in [5.74, 6) is -1.32. The minimum Gasteiger partial charge on any atom is -0.481 e. The first-order valence-electron chi connectivity index (χ1n) is 5.76. The van der Waals surface area contributed by atoms with E-state index in [4.69, 9.17) is 9.22 Å². The van der Waals surface area contributed by atoms with E-state index in [9.17, 15) is 4.79 Å². The van der Waals surface area contributed by atoms with E-state index >= 15 is 0 Å². The highest BCUT2D eigenvalue weighted by Crippen LogP contribution is 2.31. The van der Waals surface area contributed by atoms with Gasteiger partial charge in [0.25, 0.3) is 0 Å². The summed E-state index contributed by atoms with van der Waals surface area (Å²) in [5, 5.41) is 9.09. The number of hydrogen-bond donors (Lipinski definition) is 1. The van der Waals surface area contributed by atoms with E-state index in [1.165, 1.54) is 6.92 Å². The highest BCUT2D eigenvalue weighted by molar-refractivity contribution is 5.73. The van der Waals surface area contributed by atoms with Crippen LogP contribution in [0.15, 0.2) is 0 Å². The van der Waals surface area contributed by atoms with Gasteiger partial charge in [0.1, 0.15) is 0 Å². The number of carbonyl (C=O) groups is 1. The van der Waals surface area contributed by atoms with Crippen molar-refractivity contribution in [3.05, 3.63) is 0 Å². The lowest BCUT2D eigenvalue weighted by atomic mass is 9.76. The minimum atomic E-state index is -2.47. The summed E-state index contributed by atoms with van der Waals surface area (Å²) < 4.78 is 22.0. The Morgan fingerprint density at radius 2 is 2.08 bits per heavy atom. The van der Waals surface area contributed by atoms with Gasteiger partial charge < -0.3 is 5.11 Å². The van der Waals surface area contributed by atoms with Crippen molar-refractivity contribution in [2.45, 2.75) is 41.0 Å². The summed E-state index contributed by atoms with van der Waals surface area (Å²) in [5.41, 5.74) is -1.66. The second-order valence-corrected chi connectivity index (χ2v) is 4.04. The van der Waals surface area contributed by atoms with Crippen molar-refractivity contribution in [2.24, 2.45) is 17.3 Å². The topological polar surface area (TPSA) is 37.3 Å². The first-order chi connectivity index (χ1) is 6.53. The van der Waals surface area contributed by atoms with Crippen molar-refractivity contribution in [3.8, 4) is 0 Å². The fourth-order valence-corrected chi connectivity index (χ4v) is 1.15. The van der Waals surface area contributed by atoms with Gasteiger partial charge in [-0.25, -0.2) is 0 Å². The van der Waals surface area contributed by atoms with Gasteiger partial charge in [0.05, 0.1) is 5.41 Å². The van der Waals surface area contributed by atoms with Crippen molar-refractivity contribution in [1.29, 1.82) is 0 Å². The van der Waals surface area contributed by atoms with E-state index < -0.39 is 18.2 Å². The Hall–Kier alpha value is -0.530. The highest BCUT2D eigenvalue weighted by atomic mass is 16.4. The number of hydrogen-bond acceptors (Lipinski definition) is 1. The largest absolute Gasteiger partial charge is 0.481 e. The highest BCUT2D eigenvalue weighted by Gasteiger charge is 2.33. The van der Waals surface area contributed by atoms with Crippen LogP contribution in [0.1, 0.15) is 45.1 Å². The molecule has 0 heterocycles. The molecule has 0 aliphatic carbocycles. The summed E-state index contributed by atoms with van der Waals surface area (Å²) >= 11 is 0. The van der Waals surface area contributed by atoms with Crippen LogP contribution in [-0.4, -0.2) is 11.1 Å². The lowest BCUT2D eigenvalue weighted by Gasteiger charge is -2.28. The maximum absolute atomic E-state index is 11.1. The van der Waals surface area contributed by atoms with E-state index in [0.717, 1.165) is 0 Å². The molecule has 2 atom stereocenters. The second-order valence-electron chi connectivity index (χ2n) is 4.04. The zero-order chi connectivity index (χ0) is 12.4. The van der Waals surface area contributed by atoms with Crippen LogP contribution in [0.3, 0.4) is 0 Å². The Bertz CT molecular complexity index is 235. The van der Waals surface area contributed by atoms with Crippen molar-refractivity contribution >= 4 is 5.97 Å².